The Labute approximate surface area is 99.8 Å². The van der Waals surface area contributed by atoms with Crippen molar-refractivity contribution >= 4 is 5.78 Å². The first-order chi connectivity index (χ1) is 8.11. The van der Waals surface area contributed by atoms with Crippen LogP contribution < -0.4 is 10.5 Å². The standard InChI is InChI=1S/C13H16FNO2/c1-17-12-5-3-9(14)7-11(12)13(16)8-2-4-10(15)6-8/h3,5,7-8,10H,2,4,6,15H2,1H3. The predicted octanol–water partition coefficient (Wildman–Crippen LogP) is 2.14. The lowest BCUT2D eigenvalue weighted by atomic mass is 9.95. The Morgan fingerprint density at radius 2 is 2.24 bits per heavy atom. The summed E-state index contributed by atoms with van der Waals surface area (Å²) in [6.45, 7) is 0. The molecule has 1 aromatic carbocycles. The van der Waals surface area contributed by atoms with Crippen molar-refractivity contribution in [1.29, 1.82) is 0 Å². The fourth-order valence-electron chi connectivity index (χ4n) is 2.35. The molecule has 2 unspecified atom stereocenters. The van der Waals surface area contributed by atoms with Gasteiger partial charge in [0.1, 0.15) is 11.6 Å². The molecule has 0 heterocycles. The van der Waals surface area contributed by atoms with Crippen LogP contribution in [0.2, 0.25) is 0 Å². The van der Waals surface area contributed by atoms with E-state index in [9.17, 15) is 9.18 Å². The average Bonchev–Trinajstić information content (AvgIpc) is 2.75. The lowest BCUT2D eigenvalue weighted by Crippen LogP contribution is -2.18. The Kier molecular flexibility index (Phi) is 3.43. The van der Waals surface area contributed by atoms with Gasteiger partial charge in [0.2, 0.25) is 0 Å². The van der Waals surface area contributed by atoms with E-state index in [4.69, 9.17) is 10.5 Å². The molecule has 1 aliphatic carbocycles. The lowest BCUT2D eigenvalue weighted by molar-refractivity contribution is 0.0918. The quantitative estimate of drug-likeness (QED) is 0.819. The van der Waals surface area contributed by atoms with Crippen molar-refractivity contribution in [1.82, 2.24) is 0 Å². The maximum absolute atomic E-state index is 13.2. The number of carbonyl (C=O) groups is 1. The second-order valence-electron chi connectivity index (χ2n) is 4.48. The number of hydrogen-bond donors (Lipinski definition) is 1. The zero-order valence-electron chi connectivity index (χ0n) is 9.78. The summed E-state index contributed by atoms with van der Waals surface area (Å²) in [7, 11) is 1.48. The highest BCUT2D eigenvalue weighted by Gasteiger charge is 2.30. The van der Waals surface area contributed by atoms with Gasteiger partial charge in [-0.05, 0) is 37.5 Å². The number of nitrogens with two attached hydrogens (primary N) is 1. The third-order valence-corrected chi connectivity index (χ3v) is 3.27. The Balaban J connectivity index is 2.26. The minimum Gasteiger partial charge on any atom is -0.496 e. The Hall–Kier alpha value is -1.42. The van der Waals surface area contributed by atoms with Crippen LogP contribution >= 0.6 is 0 Å². The predicted molar refractivity (Wildman–Crippen MR) is 62.6 cm³/mol. The van der Waals surface area contributed by atoms with Gasteiger partial charge in [-0.25, -0.2) is 4.39 Å². The van der Waals surface area contributed by atoms with E-state index in [-0.39, 0.29) is 17.7 Å². The first kappa shape index (κ1) is 12.0. The smallest absolute Gasteiger partial charge is 0.169 e. The third-order valence-electron chi connectivity index (χ3n) is 3.27. The number of rotatable bonds is 3. The summed E-state index contributed by atoms with van der Waals surface area (Å²) in [5.74, 6) is -0.150. The van der Waals surface area contributed by atoms with E-state index < -0.39 is 5.82 Å². The van der Waals surface area contributed by atoms with Gasteiger partial charge in [0.15, 0.2) is 5.78 Å². The van der Waals surface area contributed by atoms with Crippen LogP contribution in [0.5, 0.6) is 5.75 Å². The number of halogens is 1. The van der Waals surface area contributed by atoms with Crippen molar-refractivity contribution in [3.63, 3.8) is 0 Å². The summed E-state index contributed by atoms with van der Waals surface area (Å²) in [5.41, 5.74) is 6.11. The minimum absolute atomic E-state index is 0.0608. The van der Waals surface area contributed by atoms with Gasteiger partial charge in [0.25, 0.3) is 0 Å². The summed E-state index contributed by atoms with van der Waals surface area (Å²) in [4.78, 5) is 12.2. The van der Waals surface area contributed by atoms with Gasteiger partial charge in [-0.15, -0.1) is 0 Å². The van der Waals surface area contributed by atoms with Crippen LogP contribution in [0.3, 0.4) is 0 Å². The molecule has 92 valence electrons. The molecule has 0 radical (unpaired) electrons. The molecule has 17 heavy (non-hydrogen) atoms. The molecule has 3 nitrogen and oxygen atoms in total. The van der Waals surface area contributed by atoms with E-state index in [1.807, 2.05) is 0 Å². The van der Waals surface area contributed by atoms with E-state index >= 15 is 0 Å². The number of ketones is 1. The summed E-state index contributed by atoms with van der Waals surface area (Å²) in [6.07, 6.45) is 2.31. The molecule has 0 amide bonds. The summed E-state index contributed by atoms with van der Waals surface area (Å²) in [6, 6.07) is 4.10. The van der Waals surface area contributed by atoms with Gasteiger partial charge in [0.05, 0.1) is 12.7 Å². The molecular weight excluding hydrogens is 221 g/mol. The number of hydrogen-bond acceptors (Lipinski definition) is 3. The summed E-state index contributed by atoms with van der Waals surface area (Å²) < 4.78 is 18.3. The van der Waals surface area contributed by atoms with Gasteiger partial charge in [-0.3, -0.25) is 4.79 Å². The van der Waals surface area contributed by atoms with E-state index in [2.05, 4.69) is 0 Å². The van der Waals surface area contributed by atoms with E-state index in [1.165, 1.54) is 25.3 Å². The SMILES string of the molecule is COc1ccc(F)cc1C(=O)C1CCC(N)C1. The topological polar surface area (TPSA) is 52.3 Å². The molecule has 2 atom stereocenters. The van der Waals surface area contributed by atoms with Gasteiger partial charge in [-0.2, -0.15) is 0 Å². The van der Waals surface area contributed by atoms with Crippen molar-refractivity contribution < 1.29 is 13.9 Å². The monoisotopic (exact) mass is 237 g/mol. The second kappa shape index (κ2) is 4.84. The van der Waals surface area contributed by atoms with Crippen molar-refractivity contribution in [2.45, 2.75) is 25.3 Å². The summed E-state index contributed by atoms with van der Waals surface area (Å²) in [5, 5.41) is 0. The fourth-order valence-corrected chi connectivity index (χ4v) is 2.35. The van der Waals surface area contributed by atoms with Gasteiger partial charge < -0.3 is 10.5 Å². The second-order valence-corrected chi connectivity index (χ2v) is 4.48. The van der Waals surface area contributed by atoms with Gasteiger partial charge in [0, 0.05) is 12.0 Å². The molecule has 1 aromatic rings. The maximum atomic E-state index is 13.2. The van der Waals surface area contributed by atoms with E-state index in [0.717, 1.165) is 12.8 Å². The zero-order valence-corrected chi connectivity index (χ0v) is 9.78. The summed E-state index contributed by atoms with van der Waals surface area (Å²) >= 11 is 0. The molecule has 0 aliphatic heterocycles. The molecule has 2 N–H and O–H groups in total. The highest BCUT2D eigenvalue weighted by atomic mass is 19.1. The van der Waals surface area contributed by atoms with Crippen LogP contribution in [-0.4, -0.2) is 18.9 Å². The minimum atomic E-state index is -0.420. The molecule has 1 aliphatic rings. The van der Waals surface area contributed by atoms with Crippen molar-refractivity contribution in [2.24, 2.45) is 11.7 Å². The molecule has 0 bridgehead atoms. The Morgan fingerprint density at radius 3 is 2.82 bits per heavy atom. The molecule has 1 saturated carbocycles. The molecule has 1 fully saturated rings. The molecule has 0 saturated heterocycles. The van der Waals surface area contributed by atoms with Crippen LogP contribution in [-0.2, 0) is 0 Å². The first-order valence-corrected chi connectivity index (χ1v) is 5.75. The van der Waals surface area contributed by atoms with E-state index in [0.29, 0.717) is 17.7 Å². The van der Waals surface area contributed by atoms with Gasteiger partial charge in [-0.1, -0.05) is 0 Å². The number of benzene rings is 1. The number of Topliss-reactive ketones (excluding diaryl/α,β-unsaturated/α-hetero) is 1. The van der Waals surface area contributed by atoms with Crippen molar-refractivity contribution in [3.05, 3.63) is 29.6 Å². The Bertz CT molecular complexity index is 433. The largest absolute Gasteiger partial charge is 0.496 e. The third kappa shape index (κ3) is 2.47. The van der Waals surface area contributed by atoms with Gasteiger partial charge >= 0.3 is 0 Å². The molecular formula is C13H16FNO2. The van der Waals surface area contributed by atoms with Crippen LogP contribution in [0.1, 0.15) is 29.6 Å². The van der Waals surface area contributed by atoms with Crippen molar-refractivity contribution in [2.75, 3.05) is 7.11 Å². The normalized spacial score (nSPS) is 23.7. The van der Waals surface area contributed by atoms with E-state index in [1.54, 1.807) is 0 Å². The zero-order chi connectivity index (χ0) is 12.4. The molecule has 0 aromatic heterocycles. The molecule has 4 heteroatoms. The van der Waals surface area contributed by atoms with Crippen LogP contribution in [0, 0.1) is 11.7 Å². The average molecular weight is 237 g/mol. The maximum Gasteiger partial charge on any atom is 0.169 e. The number of methoxy groups -OCH3 is 1. The van der Waals surface area contributed by atoms with Crippen LogP contribution in [0.25, 0.3) is 0 Å². The fraction of sp³-hybridized carbons (Fsp3) is 0.462. The highest BCUT2D eigenvalue weighted by Crippen LogP contribution is 2.31. The van der Waals surface area contributed by atoms with Crippen LogP contribution in [0.4, 0.5) is 4.39 Å². The Morgan fingerprint density at radius 1 is 1.47 bits per heavy atom. The van der Waals surface area contributed by atoms with Crippen LogP contribution in [0.15, 0.2) is 18.2 Å². The number of ether oxygens (including phenoxy) is 1. The number of carbonyl (C=O) groups excluding carboxylic acids is 1. The highest BCUT2D eigenvalue weighted by molar-refractivity contribution is 6.00. The molecule has 0 spiro atoms. The lowest BCUT2D eigenvalue weighted by Gasteiger charge is -2.12. The van der Waals surface area contributed by atoms with Crippen molar-refractivity contribution in [3.8, 4) is 5.75 Å². The first-order valence-electron chi connectivity index (χ1n) is 5.75. The molecule has 2 rings (SSSR count).